The molecule has 0 aliphatic rings. The Balaban J connectivity index is 2.44. The Morgan fingerprint density at radius 3 is 2.53 bits per heavy atom. The second-order valence-electron chi connectivity index (χ2n) is 4.23. The van der Waals surface area contributed by atoms with Crippen LogP contribution in [0.5, 0.6) is 5.75 Å². The third-order valence-corrected chi connectivity index (χ3v) is 5.05. The summed E-state index contributed by atoms with van der Waals surface area (Å²) >= 11 is 7.12. The number of methoxy groups -OCH3 is 1. The fraction of sp³-hybridized carbons (Fsp3) is 0.200. The van der Waals surface area contributed by atoms with Crippen molar-refractivity contribution in [3.8, 4) is 5.75 Å². The predicted octanol–water partition coefficient (Wildman–Crippen LogP) is 5.39. The summed E-state index contributed by atoms with van der Waals surface area (Å²) in [4.78, 5) is -0.201. The lowest BCUT2D eigenvalue weighted by atomic mass is 10.0. The minimum absolute atomic E-state index is 0.201. The van der Waals surface area contributed by atoms with E-state index in [0.717, 1.165) is 15.6 Å². The molecule has 0 aliphatic carbocycles. The van der Waals surface area contributed by atoms with E-state index in [1.165, 1.54) is 13.2 Å². The molecule has 2 rings (SSSR count). The van der Waals surface area contributed by atoms with Gasteiger partial charge in [0, 0.05) is 16.1 Å². The van der Waals surface area contributed by atoms with Crippen LogP contribution in [0.15, 0.2) is 40.9 Å². The highest BCUT2D eigenvalue weighted by molar-refractivity contribution is 9.11. The van der Waals surface area contributed by atoms with E-state index >= 15 is 0 Å². The smallest absolute Gasteiger partial charge is 0.131 e. The van der Waals surface area contributed by atoms with E-state index in [1.54, 1.807) is 12.1 Å². The highest BCUT2D eigenvalue weighted by Gasteiger charge is 2.18. The Bertz CT molecular complexity index is 599. The molecule has 19 heavy (non-hydrogen) atoms. The van der Waals surface area contributed by atoms with Gasteiger partial charge in [-0.2, -0.15) is 0 Å². The van der Waals surface area contributed by atoms with Crippen molar-refractivity contribution < 1.29 is 9.13 Å². The zero-order chi connectivity index (χ0) is 14.0. The summed E-state index contributed by atoms with van der Waals surface area (Å²) < 4.78 is 20.1. The molecule has 0 saturated carbocycles. The molecule has 1 atom stereocenters. The SMILES string of the molecule is COc1ccc(C(Br)c2cccc(C)c2Br)c(F)c1. The third-order valence-electron chi connectivity index (χ3n) is 2.98. The molecule has 0 fully saturated rings. The molecule has 0 saturated heterocycles. The van der Waals surface area contributed by atoms with Crippen LogP contribution in [-0.4, -0.2) is 7.11 Å². The van der Waals surface area contributed by atoms with Crippen LogP contribution >= 0.6 is 31.9 Å². The van der Waals surface area contributed by atoms with Crippen LogP contribution in [0.1, 0.15) is 21.5 Å². The maximum Gasteiger partial charge on any atom is 0.131 e. The normalized spacial score (nSPS) is 12.3. The zero-order valence-electron chi connectivity index (χ0n) is 10.6. The molecule has 0 amide bonds. The van der Waals surface area contributed by atoms with E-state index < -0.39 is 0 Å². The van der Waals surface area contributed by atoms with E-state index in [-0.39, 0.29) is 10.6 Å². The molecule has 0 spiro atoms. The van der Waals surface area contributed by atoms with Gasteiger partial charge >= 0.3 is 0 Å². The first-order chi connectivity index (χ1) is 9.04. The second kappa shape index (κ2) is 6.06. The summed E-state index contributed by atoms with van der Waals surface area (Å²) in [7, 11) is 1.53. The van der Waals surface area contributed by atoms with Gasteiger partial charge in [-0.05, 0) is 24.1 Å². The van der Waals surface area contributed by atoms with Crippen LogP contribution in [0.3, 0.4) is 0 Å². The van der Waals surface area contributed by atoms with E-state index in [4.69, 9.17) is 4.74 Å². The summed E-state index contributed by atoms with van der Waals surface area (Å²) in [5.74, 6) is 0.235. The summed E-state index contributed by atoms with van der Waals surface area (Å²) in [5.41, 5.74) is 2.71. The molecule has 4 heteroatoms. The monoisotopic (exact) mass is 386 g/mol. The predicted molar refractivity (Wildman–Crippen MR) is 82.6 cm³/mol. The first kappa shape index (κ1) is 14.5. The lowest BCUT2D eigenvalue weighted by Gasteiger charge is -2.15. The Hall–Kier alpha value is -0.870. The highest BCUT2D eigenvalue weighted by atomic mass is 79.9. The minimum Gasteiger partial charge on any atom is -0.497 e. The van der Waals surface area contributed by atoms with Gasteiger partial charge in [0.25, 0.3) is 0 Å². The van der Waals surface area contributed by atoms with Crippen LogP contribution in [0.2, 0.25) is 0 Å². The van der Waals surface area contributed by atoms with Gasteiger partial charge in [0.05, 0.1) is 11.9 Å². The van der Waals surface area contributed by atoms with Crippen molar-refractivity contribution in [2.24, 2.45) is 0 Å². The van der Waals surface area contributed by atoms with E-state index in [0.29, 0.717) is 11.3 Å². The number of hydrogen-bond acceptors (Lipinski definition) is 1. The Morgan fingerprint density at radius 2 is 1.89 bits per heavy atom. The van der Waals surface area contributed by atoms with Crippen LogP contribution < -0.4 is 4.74 Å². The minimum atomic E-state index is -0.283. The lowest BCUT2D eigenvalue weighted by Crippen LogP contribution is -1.99. The van der Waals surface area contributed by atoms with Gasteiger partial charge in [-0.3, -0.25) is 0 Å². The van der Waals surface area contributed by atoms with Crippen molar-refractivity contribution in [2.45, 2.75) is 11.8 Å². The van der Waals surface area contributed by atoms with Gasteiger partial charge in [-0.25, -0.2) is 4.39 Å². The molecule has 0 bridgehead atoms. The fourth-order valence-electron chi connectivity index (χ4n) is 1.87. The number of benzene rings is 2. The van der Waals surface area contributed by atoms with Crippen LogP contribution in [0.4, 0.5) is 4.39 Å². The van der Waals surface area contributed by atoms with Gasteiger partial charge in [-0.1, -0.05) is 56.1 Å². The maximum atomic E-state index is 14.1. The third kappa shape index (κ3) is 3.00. The first-order valence-electron chi connectivity index (χ1n) is 5.77. The zero-order valence-corrected chi connectivity index (χ0v) is 13.8. The molecule has 0 N–H and O–H groups in total. The van der Waals surface area contributed by atoms with Crippen molar-refractivity contribution in [1.29, 1.82) is 0 Å². The van der Waals surface area contributed by atoms with Crippen LogP contribution in [0.25, 0.3) is 0 Å². The maximum absolute atomic E-state index is 14.1. The average molecular weight is 388 g/mol. The van der Waals surface area contributed by atoms with E-state index in [2.05, 4.69) is 31.9 Å². The number of hydrogen-bond donors (Lipinski definition) is 0. The van der Waals surface area contributed by atoms with Gasteiger partial charge < -0.3 is 4.74 Å². The second-order valence-corrected chi connectivity index (χ2v) is 5.94. The topological polar surface area (TPSA) is 9.23 Å². The van der Waals surface area contributed by atoms with E-state index in [1.807, 2.05) is 25.1 Å². The van der Waals surface area contributed by atoms with Crippen molar-refractivity contribution in [2.75, 3.05) is 7.11 Å². The van der Waals surface area contributed by atoms with E-state index in [9.17, 15) is 4.39 Å². The fourth-order valence-corrected chi connectivity index (χ4v) is 3.43. The number of ether oxygens (including phenoxy) is 1. The summed E-state index contributed by atoms with van der Waals surface area (Å²) in [6.45, 7) is 2.01. The summed E-state index contributed by atoms with van der Waals surface area (Å²) in [6.07, 6.45) is 0. The molecular weight excluding hydrogens is 375 g/mol. The number of aryl methyl sites for hydroxylation is 1. The Kier molecular flexibility index (Phi) is 4.63. The molecule has 1 nitrogen and oxygen atoms in total. The van der Waals surface area contributed by atoms with Gasteiger partial charge in [-0.15, -0.1) is 0 Å². The van der Waals surface area contributed by atoms with Crippen molar-refractivity contribution >= 4 is 31.9 Å². The lowest BCUT2D eigenvalue weighted by molar-refractivity contribution is 0.411. The standard InChI is InChI=1S/C15H13Br2FO/c1-9-4-3-5-12(14(9)16)15(17)11-7-6-10(19-2)8-13(11)18/h3-8,15H,1-2H3. The molecule has 0 aliphatic heterocycles. The Morgan fingerprint density at radius 1 is 1.16 bits per heavy atom. The molecule has 2 aromatic rings. The van der Waals surface area contributed by atoms with Gasteiger partial charge in [0.15, 0.2) is 0 Å². The quantitative estimate of drug-likeness (QED) is 0.641. The highest BCUT2D eigenvalue weighted by Crippen LogP contribution is 2.38. The van der Waals surface area contributed by atoms with Crippen molar-refractivity contribution in [3.05, 3.63) is 63.4 Å². The molecule has 0 radical (unpaired) electrons. The van der Waals surface area contributed by atoms with Crippen LogP contribution in [0, 0.1) is 12.7 Å². The Labute approximate surface area is 129 Å². The first-order valence-corrected chi connectivity index (χ1v) is 7.48. The molecular formula is C15H13Br2FO. The van der Waals surface area contributed by atoms with Crippen molar-refractivity contribution in [3.63, 3.8) is 0 Å². The van der Waals surface area contributed by atoms with Gasteiger partial charge in [0.1, 0.15) is 11.6 Å². The summed E-state index contributed by atoms with van der Waals surface area (Å²) in [5, 5.41) is 0. The molecule has 1 unspecified atom stereocenters. The average Bonchev–Trinajstić information content (AvgIpc) is 2.41. The molecule has 0 aromatic heterocycles. The molecule has 0 heterocycles. The molecule has 100 valence electrons. The largest absolute Gasteiger partial charge is 0.497 e. The number of alkyl halides is 1. The van der Waals surface area contributed by atoms with Gasteiger partial charge in [0.2, 0.25) is 0 Å². The number of rotatable bonds is 3. The van der Waals surface area contributed by atoms with Crippen LogP contribution in [-0.2, 0) is 0 Å². The van der Waals surface area contributed by atoms with Crippen molar-refractivity contribution in [1.82, 2.24) is 0 Å². The number of halogens is 3. The summed E-state index contributed by atoms with van der Waals surface area (Å²) in [6, 6.07) is 10.8. The molecule has 2 aromatic carbocycles.